The predicted molar refractivity (Wildman–Crippen MR) is 106 cm³/mol. The third-order valence-corrected chi connectivity index (χ3v) is 5.79. The number of amides is 1. The van der Waals surface area contributed by atoms with Crippen molar-refractivity contribution in [2.45, 2.75) is 50.8 Å². The molecule has 3 heterocycles. The quantitative estimate of drug-likeness (QED) is 0.828. The van der Waals surface area contributed by atoms with Gasteiger partial charge in [-0.25, -0.2) is 0 Å². The maximum atomic E-state index is 11.6. The van der Waals surface area contributed by atoms with Gasteiger partial charge in [-0.05, 0) is 37.0 Å². The van der Waals surface area contributed by atoms with Crippen LogP contribution < -0.4 is 5.32 Å². The van der Waals surface area contributed by atoms with Crippen LogP contribution >= 0.6 is 0 Å². The molecule has 150 valence electrons. The lowest BCUT2D eigenvalue weighted by molar-refractivity contribution is 0.0694. The van der Waals surface area contributed by atoms with Crippen LogP contribution in [0, 0.1) is 0 Å². The van der Waals surface area contributed by atoms with Crippen molar-refractivity contribution in [3.05, 3.63) is 47.7 Å². The number of carbonyl (C=O) groups excluding carboxylic acids is 1. The molecule has 1 fully saturated rings. The molecule has 1 saturated carbocycles. The number of nitrogens with zero attached hydrogens (tertiary/aromatic N) is 3. The maximum absolute atomic E-state index is 11.6. The van der Waals surface area contributed by atoms with E-state index in [9.17, 15) is 9.90 Å². The lowest BCUT2D eigenvalue weighted by atomic mass is 9.93. The summed E-state index contributed by atoms with van der Waals surface area (Å²) in [6.07, 6.45) is 11.0. The Morgan fingerprint density at radius 2 is 2.21 bits per heavy atom. The maximum Gasteiger partial charge on any atom is 0.286 e. The van der Waals surface area contributed by atoms with Crippen LogP contribution in [0.25, 0.3) is 5.57 Å². The number of hydrogen-bond acceptors (Lipinski definition) is 5. The molecule has 4 rings (SSSR count). The minimum Gasteiger partial charge on any atom is -0.455 e. The average molecular weight is 384 g/mol. The van der Waals surface area contributed by atoms with Gasteiger partial charge in [-0.1, -0.05) is 18.9 Å². The molecule has 0 spiro atoms. The first-order valence-corrected chi connectivity index (χ1v) is 10.1. The van der Waals surface area contributed by atoms with Gasteiger partial charge in [0.2, 0.25) is 0 Å². The Kier molecular flexibility index (Phi) is 5.64. The molecule has 1 amide bonds. The molecular formula is C21H28N4O3. The first-order valence-electron chi connectivity index (χ1n) is 10.1. The first kappa shape index (κ1) is 19.0. The van der Waals surface area contributed by atoms with E-state index in [2.05, 4.69) is 27.6 Å². The molecule has 2 atom stereocenters. The van der Waals surface area contributed by atoms with Crippen LogP contribution in [0.2, 0.25) is 0 Å². The first-order chi connectivity index (χ1) is 13.6. The largest absolute Gasteiger partial charge is 0.455 e. The highest BCUT2D eigenvalue weighted by atomic mass is 16.4. The molecule has 2 N–H and O–H groups in total. The summed E-state index contributed by atoms with van der Waals surface area (Å²) >= 11 is 0. The zero-order valence-electron chi connectivity index (χ0n) is 16.3. The van der Waals surface area contributed by atoms with Crippen LogP contribution in [-0.4, -0.2) is 51.9 Å². The van der Waals surface area contributed by atoms with E-state index in [0.717, 1.165) is 56.5 Å². The minimum absolute atomic E-state index is 0.108. The van der Waals surface area contributed by atoms with Crippen molar-refractivity contribution in [2.24, 2.45) is 0 Å². The van der Waals surface area contributed by atoms with Gasteiger partial charge >= 0.3 is 0 Å². The Morgan fingerprint density at radius 1 is 1.36 bits per heavy atom. The van der Waals surface area contributed by atoms with Crippen LogP contribution in [0.5, 0.6) is 0 Å². The number of aliphatic hydroxyl groups is 1. The predicted octanol–water partition coefficient (Wildman–Crippen LogP) is 2.60. The van der Waals surface area contributed by atoms with Gasteiger partial charge in [-0.15, -0.1) is 0 Å². The van der Waals surface area contributed by atoms with Gasteiger partial charge in [0, 0.05) is 31.9 Å². The third-order valence-electron chi connectivity index (χ3n) is 5.79. The summed E-state index contributed by atoms with van der Waals surface area (Å²) in [6.45, 7) is 2.45. The second kappa shape index (κ2) is 8.32. The molecule has 2 aliphatic rings. The molecule has 1 aliphatic carbocycles. The molecule has 7 heteroatoms. The fourth-order valence-electron chi connectivity index (χ4n) is 4.13. The van der Waals surface area contributed by atoms with Gasteiger partial charge in [-0.2, -0.15) is 5.10 Å². The van der Waals surface area contributed by atoms with Gasteiger partial charge in [0.15, 0.2) is 5.76 Å². The molecule has 0 saturated heterocycles. The van der Waals surface area contributed by atoms with Crippen molar-refractivity contribution in [2.75, 3.05) is 20.1 Å². The van der Waals surface area contributed by atoms with Gasteiger partial charge < -0.3 is 14.8 Å². The zero-order valence-corrected chi connectivity index (χ0v) is 16.3. The normalized spacial score (nSPS) is 23.4. The van der Waals surface area contributed by atoms with Crippen LogP contribution in [0.4, 0.5) is 0 Å². The highest BCUT2D eigenvalue weighted by molar-refractivity contribution is 5.91. The molecule has 0 bridgehead atoms. The number of aliphatic hydroxyl groups excluding tert-OH is 1. The lowest BCUT2D eigenvalue weighted by Gasteiger charge is -2.27. The summed E-state index contributed by atoms with van der Waals surface area (Å²) in [4.78, 5) is 13.9. The average Bonchev–Trinajstić information content (AvgIpc) is 3.38. The van der Waals surface area contributed by atoms with Gasteiger partial charge in [-0.3, -0.25) is 14.4 Å². The summed E-state index contributed by atoms with van der Waals surface area (Å²) in [5.41, 5.74) is 2.45. The smallest absolute Gasteiger partial charge is 0.286 e. The number of aromatic nitrogens is 2. The second-order valence-electron chi connectivity index (χ2n) is 7.69. The Labute approximate surface area is 165 Å². The summed E-state index contributed by atoms with van der Waals surface area (Å²) in [7, 11) is 1.60. The van der Waals surface area contributed by atoms with E-state index in [1.54, 1.807) is 13.1 Å². The second-order valence-corrected chi connectivity index (χ2v) is 7.69. The van der Waals surface area contributed by atoms with Crippen molar-refractivity contribution in [3.8, 4) is 0 Å². The molecule has 7 nitrogen and oxygen atoms in total. The number of rotatable bonds is 5. The van der Waals surface area contributed by atoms with Crippen LogP contribution in [0.1, 0.15) is 60.0 Å². The van der Waals surface area contributed by atoms with Crippen LogP contribution in [0.15, 0.2) is 35.0 Å². The number of carbonyl (C=O) groups is 1. The zero-order chi connectivity index (χ0) is 19.5. The number of furan rings is 1. The van der Waals surface area contributed by atoms with Crippen molar-refractivity contribution in [1.82, 2.24) is 20.0 Å². The lowest BCUT2D eigenvalue weighted by Crippen LogP contribution is -2.28. The van der Waals surface area contributed by atoms with E-state index in [-0.39, 0.29) is 18.1 Å². The fraction of sp³-hybridized carbons (Fsp3) is 0.524. The third kappa shape index (κ3) is 4.05. The van der Waals surface area contributed by atoms with Crippen molar-refractivity contribution >= 4 is 11.5 Å². The topological polar surface area (TPSA) is 83.5 Å². The van der Waals surface area contributed by atoms with Crippen molar-refractivity contribution in [3.63, 3.8) is 0 Å². The molecule has 0 unspecified atom stereocenters. The van der Waals surface area contributed by atoms with E-state index in [0.29, 0.717) is 12.3 Å². The van der Waals surface area contributed by atoms with E-state index >= 15 is 0 Å². The molecule has 2 aromatic rings. The standard InChI is InChI=1S/C21H28N4O3/c1-22-21(27)20-7-6-17(28-20)14-24-10-8-15(9-11-24)16-12-23-25(13-16)18-4-2-3-5-19(18)26/h6-8,12-13,18-19,26H,2-5,9-11,14H2,1H3,(H,22,27)/t18-,19-/m1/s1. The van der Waals surface area contributed by atoms with Gasteiger partial charge in [0.1, 0.15) is 5.76 Å². The molecular weight excluding hydrogens is 356 g/mol. The summed E-state index contributed by atoms with van der Waals surface area (Å²) in [5, 5.41) is 17.4. The van der Waals surface area contributed by atoms with Crippen molar-refractivity contribution < 1.29 is 14.3 Å². The van der Waals surface area contributed by atoms with Crippen molar-refractivity contribution in [1.29, 1.82) is 0 Å². The number of hydrogen-bond donors (Lipinski definition) is 2. The SMILES string of the molecule is CNC(=O)c1ccc(CN2CC=C(c3cnn([C@@H]4CCCC[C@H]4O)c3)CC2)o1. The Hall–Kier alpha value is -2.38. The van der Waals surface area contributed by atoms with Gasteiger partial charge in [0.25, 0.3) is 5.91 Å². The summed E-state index contributed by atoms with van der Waals surface area (Å²) < 4.78 is 7.57. The van der Waals surface area contributed by atoms with Crippen LogP contribution in [0.3, 0.4) is 0 Å². The van der Waals surface area contributed by atoms with E-state index in [1.807, 2.05) is 16.9 Å². The summed E-state index contributed by atoms with van der Waals surface area (Å²) in [5.74, 6) is 0.949. The highest BCUT2D eigenvalue weighted by Gasteiger charge is 2.25. The van der Waals surface area contributed by atoms with E-state index in [4.69, 9.17) is 4.42 Å². The van der Waals surface area contributed by atoms with E-state index < -0.39 is 0 Å². The molecule has 0 aromatic carbocycles. The Bertz CT molecular complexity index is 853. The van der Waals surface area contributed by atoms with E-state index in [1.165, 1.54) is 5.57 Å². The molecule has 0 radical (unpaired) electrons. The Morgan fingerprint density at radius 3 is 2.96 bits per heavy atom. The molecule has 1 aliphatic heterocycles. The monoisotopic (exact) mass is 384 g/mol. The highest BCUT2D eigenvalue weighted by Crippen LogP contribution is 2.30. The Balaban J connectivity index is 1.36. The molecule has 2 aromatic heterocycles. The molecule has 28 heavy (non-hydrogen) atoms. The minimum atomic E-state index is -0.287. The summed E-state index contributed by atoms with van der Waals surface area (Å²) in [6, 6.07) is 3.69. The fourth-order valence-corrected chi connectivity index (χ4v) is 4.13. The number of nitrogens with one attached hydrogen (secondary N) is 1. The van der Waals surface area contributed by atoms with Crippen LogP contribution in [-0.2, 0) is 6.54 Å². The van der Waals surface area contributed by atoms with Gasteiger partial charge in [0.05, 0.1) is 24.9 Å².